The van der Waals surface area contributed by atoms with Crippen LogP contribution in [0.4, 0.5) is 11.4 Å². The molecule has 0 radical (unpaired) electrons. The Labute approximate surface area is 152 Å². The molecule has 4 nitrogen and oxygen atoms in total. The summed E-state index contributed by atoms with van der Waals surface area (Å²) >= 11 is 0. The van der Waals surface area contributed by atoms with Gasteiger partial charge in [0, 0.05) is 23.7 Å². The van der Waals surface area contributed by atoms with Gasteiger partial charge in [0.25, 0.3) is 5.91 Å². The van der Waals surface area contributed by atoms with Gasteiger partial charge >= 0.3 is 0 Å². The lowest BCUT2D eigenvalue weighted by molar-refractivity contribution is -0.114. The van der Waals surface area contributed by atoms with E-state index in [0.717, 1.165) is 16.8 Å². The molecule has 128 valence electrons. The molecule has 4 heteroatoms. The van der Waals surface area contributed by atoms with E-state index in [1.54, 1.807) is 24.3 Å². The number of fused-ring (bicyclic) bond motifs is 3. The van der Waals surface area contributed by atoms with Crippen molar-refractivity contribution >= 4 is 23.2 Å². The van der Waals surface area contributed by atoms with Crippen LogP contribution in [-0.4, -0.2) is 11.8 Å². The number of amides is 2. The van der Waals surface area contributed by atoms with E-state index in [2.05, 4.69) is 17.4 Å². The first-order chi connectivity index (χ1) is 12.6. The third-order valence-corrected chi connectivity index (χ3v) is 4.53. The van der Waals surface area contributed by atoms with Crippen LogP contribution in [-0.2, 0) is 11.3 Å². The Hall–Kier alpha value is -3.40. The molecule has 0 atom stereocenters. The molecule has 1 N–H and O–H groups in total. The summed E-state index contributed by atoms with van der Waals surface area (Å²) in [6.07, 6.45) is 0. The Morgan fingerprint density at radius 2 is 1.50 bits per heavy atom. The van der Waals surface area contributed by atoms with Crippen LogP contribution in [0.1, 0.15) is 22.8 Å². The molecule has 0 saturated carbocycles. The highest BCUT2D eigenvalue weighted by atomic mass is 16.2. The largest absolute Gasteiger partial charge is 0.326 e. The summed E-state index contributed by atoms with van der Waals surface area (Å²) in [6, 6.07) is 23.1. The normalized spacial score (nSPS) is 12.1. The second kappa shape index (κ2) is 6.48. The van der Waals surface area contributed by atoms with E-state index in [9.17, 15) is 9.59 Å². The summed E-state index contributed by atoms with van der Waals surface area (Å²) in [7, 11) is 0. The fraction of sp³-hybridized carbons (Fsp3) is 0.0909. The summed E-state index contributed by atoms with van der Waals surface area (Å²) in [4.78, 5) is 26.1. The molecule has 0 aromatic heterocycles. The van der Waals surface area contributed by atoms with Crippen molar-refractivity contribution in [2.24, 2.45) is 0 Å². The predicted molar refractivity (Wildman–Crippen MR) is 103 cm³/mol. The Morgan fingerprint density at radius 3 is 2.23 bits per heavy atom. The molecular weight excluding hydrogens is 324 g/mol. The lowest BCUT2D eigenvalue weighted by Gasteiger charge is -2.31. The van der Waals surface area contributed by atoms with Gasteiger partial charge < -0.3 is 10.2 Å². The van der Waals surface area contributed by atoms with Crippen LogP contribution in [0.25, 0.3) is 11.1 Å². The van der Waals surface area contributed by atoms with Gasteiger partial charge in [-0.1, -0.05) is 42.5 Å². The Kier molecular flexibility index (Phi) is 4.01. The third kappa shape index (κ3) is 2.86. The molecule has 2 amide bonds. The Balaban J connectivity index is 1.70. The molecule has 0 fully saturated rings. The first-order valence-corrected chi connectivity index (χ1v) is 8.50. The number of anilines is 2. The highest BCUT2D eigenvalue weighted by molar-refractivity contribution is 6.09. The average Bonchev–Trinajstić information content (AvgIpc) is 2.67. The molecule has 1 heterocycles. The minimum Gasteiger partial charge on any atom is -0.326 e. The number of nitrogens with one attached hydrogen (secondary N) is 1. The molecule has 1 aliphatic rings. The number of benzene rings is 3. The number of carbonyl (C=O) groups is 2. The minimum atomic E-state index is -0.134. The lowest BCUT2D eigenvalue weighted by Crippen LogP contribution is -2.33. The molecule has 0 bridgehead atoms. The van der Waals surface area contributed by atoms with Crippen LogP contribution in [0.2, 0.25) is 0 Å². The van der Waals surface area contributed by atoms with E-state index >= 15 is 0 Å². The number of carbonyl (C=O) groups excluding carboxylic acids is 2. The summed E-state index contributed by atoms with van der Waals surface area (Å²) in [6.45, 7) is 2.00. The van der Waals surface area contributed by atoms with E-state index < -0.39 is 0 Å². The predicted octanol–water partition coefficient (Wildman–Crippen LogP) is 4.47. The van der Waals surface area contributed by atoms with Crippen molar-refractivity contribution in [1.29, 1.82) is 0 Å². The smallest absolute Gasteiger partial charge is 0.258 e. The number of hydrogen-bond acceptors (Lipinski definition) is 2. The maximum absolute atomic E-state index is 13.1. The second-order valence-electron chi connectivity index (χ2n) is 6.32. The molecule has 4 rings (SSSR count). The third-order valence-electron chi connectivity index (χ3n) is 4.53. The molecule has 3 aromatic carbocycles. The SMILES string of the molecule is CC(=O)Nc1ccc(C(=O)N2Cc3ccccc3-c3ccccc32)cc1. The monoisotopic (exact) mass is 342 g/mol. The fourth-order valence-electron chi connectivity index (χ4n) is 3.35. The summed E-state index contributed by atoms with van der Waals surface area (Å²) < 4.78 is 0. The zero-order valence-corrected chi connectivity index (χ0v) is 14.4. The van der Waals surface area contributed by atoms with Gasteiger partial charge in [-0.05, 0) is 41.5 Å². The van der Waals surface area contributed by atoms with Gasteiger partial charge in [-0.2, -0.15) is 0 Å². The minimum absolute atomic E-state index is 0.0543. The molecule has 0 saturated heterocycles. The number of hydrogen-bond donors (Lipinski definition) is 1. The van der Waals surface area contributed by atoms with Crippen LogP contribution in [0.3, 0.4) is 0 Å². The maximum Gasteiger partial charge on any atom is 0.258 e. The molecule has 1 aliphatic heterocycles. The molecular formula is C22H18N2O2. The standard InChI is InChI=1S/C22H18N2O2/c1-15(25)23-18-12-10-16(11-13-18)22(26)24-14-17-6-2-3-7-19(17)20-8-4-5-9-21(20)24/h2-13H,14H2,1H3,(H,23,25). The number of rotatable bonds is 2. The van der Waals surface area contributed by atoms with Gasteiger partial charge in [0.2, 0.25) is 5.91 Å². The van der Waals surface area contributed by atoms with Crippen molar-refractivity contribution in [3.05, 3.63) is 83.9 Å². The highest BCUT2D eigenvalue weighted by Gasteiger charge is 2.26. The van der Waals surface area contributed by atoms with Crippen LogP contribution in [0.15, 0.2) is 72.8 Å². The van der Waals surface area contributed by atoms with Crippen molar-refractivity contribution in [3.63, 3.8) is 0 Å². The van der Waals surface area contributed by atoms with Crippen molar-refractivity contribution in [2.45, 2.75) is 13.5 Å². The fourth-order valence-corrected chi connectivity index (χ4v) is 3.35. The van der Waals surface area contributed by atoms with E-state index in [1.165, 1.54) is 12.5 Å². The van der Waals surface area contributed by atoms with E-state index in [-0.39, 0.29) is 11.8 Å². The second-order valence-corrected chi connectivity index (χ2v) is 6.32. The Morgan fingerprint density at radius 1 is 0.846 bits per heavy atom. The quantitative estimate of drug-likeness (QED) is 0.747. The summed E-state index contributed by atoms with van der Waals surface area (Å²) in [5, 5.41) is 2.72. The van der Waals surface area contributed by atoms with Crippen LogP contribution < -0.4 is 10.2 Å². The van der Waals surface area contributed by atoms with Crippen molar-refractivity contribution in [1.82, 2.24) is 0 Å². The number of nitrogens with zero attached hydrogens (tertiary/aromatic N) is 1. The first kappa shape index (κ1) is 16.1. The molecule has 3 aromatic rings. The molecule has 0 unspecified atom stereocenters. The lowest BCUT2D eigenvalue weighted by atomic mass is 9.93. The topological polar surface area (TPSA) is 49.4 Å². The van der Waals surface area contributed by atoms with Crippen LogP contribution >= 0.6 is 0 Å². The van der Waals surface area contributed by atoms with Gasteiger partial charge in [0.1, 0.15) is 0 Å². The van der Waals surface area contributed by atoms with Crippen LogP contribution in [0, 0.1) is 0 Å². The van der Waals surface area contributed by atoms with Gasteiger partial charge in [-0.15, -0.1) is 0 Å². The summed E-state index contributed by atoms with van der Waals surface area (Å²) in [5.74, 6) is -0.188. The van der Waals surface area contributed by atoms with Crippen molar-refractivity contribution in [2.75, 3.05) is 10.2 Å². The van der Waals surface area contributed by atoms with Crippen molar-refractivity contribution < 1.29 is 9.59 Å². The van der Waals surface area contributed by atoms with Gasteiger partial charge in [-0.25, -0.2) is 0 Å². The van der Waals surface area contributed by atoms with Gasteiger partial charge in [0.15, 0.2) is 0 Å². The van der Waals surface area contributed by atoms with Crippen molar-refractivity contribution in [3.8, 4) is 11.1 Å². The maximum atomic E-state index is 13.1. The molecule has 0 aliphatic carbocycles. The van der Waals surface area contributed by atoms with E-state index in [0.29, 0.717) is 17.8 Å². The molecule has 26 heavy (non-hydrogen) atoms. The zero-order chi connectivity index (χ0) is 18.1. The zero-order valence-electron chi connectivity index (χ0n) is 14.4. The number of para-hydroxylation sites is 1. The average molecular weight is 342 g/mol. The summed E-state index contributed by atoms with van der Waals surface area (Å²) in [5.41, 5.74) is 5.56. The molecule has 0 spiro atoms. The van der Waals surface area contributed by atoms with Gasteiger partial charge in [0.05, 0.1) is 12.2 Å². The van der Waals surface area contributed by atoms with E-state index in [1.807, 2.05) is 41.3 Å². The van der Waals surface area contributed by atoms with E-state index in [4.69, 9.17) is 0 Å². The Bertz CT molecular complexity index is 993. The van der Waals surface area contributed by atoms with Gasteiger partial charge in [-0.3, -0.25) is 9.59 Å². The first-order valence-electron chi connectivity index (χ1n) is 8.50. The van der Waals surface area contributed by atoms with Crippen LogP contribution in [0.5, 0.6) is 0 Å². The highest BCUT2D eigenvalue weighted by Crippen LogP contribution is 2.39.